The van der Waals surface area contributed by atoms with E-state index in [1.165, 1.54) is 0 Å². The molecular weight excluding hydrogens is 223 g/mol. The van der Waals surface area contributed by atoms with Gasteiger partial charge in [0.15, 0.2) is 0 Å². The molecule has 0 aliphatic heterocycles. The van der Waals surface area contributed by atoms with Crippen molar-refractivity contribution in [2.45, 2.75) is 5.85 Å². The van der Waals surface area contributed by atoms with E-state index in [1.807, 2.05) is 0 Å². The van der Waals surface area contributed by atoms with Crippen molar-refractivity contribution in [2.75, 3.05) is 5.33 Å². The molecule has 46 valence electrons. The summed E-state index contributed by atoms with van der Waals surface area (Å²) in [5, 5.41) is 8.51. The van der Waals surface area contributed by atoms with Crippen molar-refractivity contribution in [3.8, 4) is 0 Å². The molecule has 3 nitrogen and oxygen atoms in total. The van der Waals surface area contributed by atoms with Gasteiger partial charge < -0.3 is 7.96 Å². The predicted octanol–water partition coefficient (Wildman–Crippen LogP) is 0.279. The second-order valence-electron chi connectivity index (χ2n) is 0.937. The van der Waals surface area contributed by atoms with E-state index in [4.69, 9.17) is 10.00 Å². The van der Waals surface area contributed by atoms with Crippen LogP contribution in [0.2, 0.25) is 0 Å². The van der Waals surface area contributed by atoms with Gasteiger partial charge in [-0.05, 0) is 4.57 Å². The second-order valence-corrected chi connectivity index (χ2v) is 2.79. The molecule has 0 aromatic heterocycles. The molecular formula is C2H7BrCaO3P+. The molecule has 0 bridgehead atoms. The predicted molar refractivity (Wildman–Crippen MR) is 37.6 cm³/mol. The summed E-state index contributed by atoms with van der Waals surface area (Å²) in [6.45, 7) is 0. The van der Waals surface area contributed by atoms with Crippen LogP contribution in [-0.2, 0) is 4.57 Å². The Kier molecular flexibility index (Phi) is 10.7. The molecule has 0 aliphatic rings. The van der Waals surface area contributed by atoms with Gasteiger partial charge in [-0.1, -0.05) is 15.9 Å². The van der Waals surface area contributed by atoms with Gasteiger partial charge >= 0.3 is 45.8 Å². The normalized spacial score (nSPS) is 14.1. The van der Waals surface area contributed by atoms with Gasteiger partial charge in [0.2, 0.25) is 0 Å². The molecule has 0 amide bonds. The van der Waals surface area contributed by atoms with Crippen LogP contribution in [0.1, 0.15) is 2.85 Å². The maximum Gasteiger partial charge on any atom is 2.00 e. The zero-order valence-corrected chi connectivity index (χ0v) is 8.81. The van der Waals surface area contributed by atoms with Gasteiger partial charge in [-0.15, -0.1) is 0 Å². The first-order valence-electron chi connectivity index (χ1n) is 1.57. The van der Waals surface area contributed by atoms with E-state index >= 15 is 0 Å². The van der Waals surface area contributed by atoms with Gasteiger partial charge in [0.1, 0.15) is 0 Å². The minimum atomic E-state index is -2.40. The minimum Gasteiger partial charge on any atom is -1.00 e. The summed E-state index contributed by atoms with van der Waals surface area (Å²) in [7, 11) is -2.40. The number of aliphatic hydroxyl groups excluding tert-OH is 1. The Balaban J connectivity index is -0.0000000600. The third-order valence-electron chi connectivity index (χ3n) is 0.393. The first-order chi connectivity index (χ1) is 3.18. The van der Waals surface area contributed by atoms with Gasteiger partial charge in [-0.25, -0.2) is 0 Å². The van der Waals surface area contributed by atoms with Crippen LogP contribution in [0.5, 0.6) is 0 Å². The Labute approximate surface area is 89.4 Å². The number of hydrogen-bond acceptors (Lipinski definition) is 2. The molecule has 0 spiro atoms. The van der Waals surface area contributed by atoms with Gasteiger partial charge in [-0.3, -0.25) is 0 Å². The summed E-state index contributed by atoms with van der Waals surface area (Å²) in [6.07, 6.45) is 0. The van der Waals surface area contributed by atoms with E-state index in [9.17, 15) is 4.57 Å². The quantitative estimate of drug-likeness (QED) is 0.407. The fourth-order valence-corrected chi connectivity index (χ4v) is 0.920. The summed E-state index contributed by atoms with van der Waals surface area (Å²) < 4.78 is 9.80. The summed E-state index contributed by atoms with van der Waals surface area (Å²) in [6, 6.07) is 0. The molecule has 0 fully saturated rings. The van der Waals surface area contributed by atoms with Gasteiger partial charge in [0.25, 0.3) is 5.85 Å². The first-order valence-corrected chi connectivity index (χ1v) is 3.98. The molecule has 0 saturated carbocycles. The minimum absolute atomic E-state index is 0. The first kappa shape index (κ1) is 12.4. The topological polar surface area (TPSA) is 57.5 Å². The van der Waals surface area contributed by atoms with E-state index in [0.29, 0.717) is 0 Å². The maximum absolute atomic E-state index is 9.80. The number of hydrogen-bond donors (Lipinski definition) is 2. The smallest absolute Gasteiger partial charge is 1.00 e. The van der Waals surface area contributed by atoms with Crippen molar-refractivity contribution >= 4 is 61.7 Å². The molecule has 0 aliphatic carbocycles. The van der Waals surface area contributed by atoms with Gasteiger partial charge in [0, 0.05) is 0 Å². The van der Waals surface area contributed by atoms with Crippen molar-refractivity contribution in [1.29, 1.82) is 0 Å². The standard InChI is InChI=1S/C2H4BrO3P.Ca.2H/c3-1-2(4)7(5)6;;;/h2,4H,1H2;;;/q;+2;2*-1/p+1. The van der Waals surface area contributed by atoms with Gasteiger partial charge in [0.05, 0.1) is 5.33 Å². The second kappa shape index (κ2) is 6.87. The van der Waals surface area contributed by atoms with Crippen LogP contribution >= 0.6 is 24.0 Å². The van der Waals surface area contributed by atoms with Crippen molar-refractivity contribution in [1.82, 2.24) is 0 Å². The van der Waals surface area contributed by atoms with Crippen LogP contribution in [-0.4, -0.2) is 58.9 Å². The fourth-order valence-electron chi connectivity index (χ4n) is 0.0590. The number of rotatable bonds is 2. The van der Waals surface area contributed by atoms with Crippen molar-refractivity contribution in [3.63, 3.8) is 0 Å². The van der Waals surface area contributed by atoms with E-state index in [2.05, 4.69) is 15.9 Å². The maximum atomic E-state index is 9.80. The van der Waals surface area contributed by atoms with E-state index in [1.54, 1.807) is 0 Å². The average Bonchev–Trinajstić information content (AvgIpc) is 1.65. The molecule has 0 rings (SSSR count). The molecule has 2 atom stereocenters. The van der Waals surface area contributed by atoms with Crippen molar-refractivity contribution in [2.24, 2.45) is 0 Å². The zero-order chi connectivity index (χ0) is 5.86. The molecule has 2 N–H and O–H groups in total. The third kappa shape index (κ3) is 5.89. The Morgan fingerprint density at radius 3 is 2.25 bits per heavy atom. The van der Waals surface area contributed by atoms with Crippen molar-refractivity contribution < 1.29 is 17.4 Å². The number of halogens is 1. The Morgan fingerprint density at radius 1 is 1.88 bits per heavy atom. The molecule has 0 aromatic carbocycles. The molecule has 0 saturated heterocycles. The molecule has 2 unspecified atom stereocenters. The molecule has 8 heavy (non-hydrogen) atoms. The van der Waals surface area contributed by atoms with E-state index in [0.717, 1.165) is 0 Å². The largest absolute Gasteiger partial charge is 2.00 e. The van der Waals surface area contributed by atoms with Crippen LogP contribution in [0, 0.1) is 0 Å². The number of alkyl halides is 1. The Bertz CT molecular complexity index is 86.9. The van der Waals surface area contributed by atoms with Crippen molar-refractivity contribution in [3.05, 3.63) is 0 Å². The fraction of sp³-hybridized carbons (Fsp3) is 1.00. The molecule has 0 aromatic rings. The van der Waals surface area contributed by atoms with E-state index < -0.39 is 13.9 Å². The Morgan fingerprint density at radius 2 is 2.25 bits per heavy atom. The Hall–Kier alpha value is 1.76. The summed E-state index contributed by atoms with van der Waals surface area (Å²) in [5.74, 6) is -1.12. The summed E-state index contributed by atoms with van der Waals surface area (Å²) >= 11 is 2.82. The van der Waals surface area contributed by atoms with Crippen LogP contribution in [0.15, 0.2) is 0 Å². The van der Waals surface area contributed by atoms with Crippen LogP contribution in [0.4, 0.5) is 0 Å². The summed E-state index contributed by atoms with van der Waals surface area (Å²) in [5.41, 5.74) is 0. The molecule has 6 heteroatoms. The zero-order valence-electron chi connectivity index (χ0n) is 6.12. The molecule has 0 heterocycles. The average molecular weight is 230 g/mol. The van der Waals surface area contributed by atoms with Crippen LogP contribution < -0.4 is 0 Å². The molecule has 0 radical (unpaired) electrons. The van der Waals surface area contributed by atoms with Crippen LogP contribution in [0.3, 0.4) is 0 Å². The monoisotopic (exact) mass is 229 g/mol. The SMILES string of the molecule is O=[P+](O)C(O)CBr.[Ca+2].[H-].[H-]. The summed E-state index contributed by atoms with van der Waals surface area (Å²) in [4.78, 5) is 8.05. The van der Waals surface area contributed by atoms with E-state index in [-0.39, 0.29) is 45.9 Å². The number of aliphatic hydroxyl groups is 1. The third-order valence-corrected chi connectivity index (χ3v) is 2.20. The van der Waals surface area contributed by atoms with Gasteiger partial charge in [-0.2, -0.15) is 4.89 Å². The van der Waals surface area contributed by atoms with Crippen LogP contribution in [0.25, 0.3) is 0 Å².